The first-order valence-electron chi connectivity index (χ1n) is 6.00. The third-order valence-electron chi connectivity index (χ3n) is 2.60. The fourth-order valence-electron chi connectivity index (χ4n) is 1.71. The van der Waals surface area contributed by atoms with E-state index in [-0.39, 0.29) is 12.4 Å². The molecule has 0 fully saturated rings. The van der Waals surface area contributed by atoms with Crippen molar-refractivity contribution < 1.29 is 14.2 Å². The van der Waals surface area contributed by atoms with Gasteiger partial charge in [-0.2, -0.15) is 5.10 Å². The van der Waals surface area contributed by atoms with Crippen molar-refractivity contribution in [2.75, 3.05) is 18.9 Å². The number of rotatable bonds is 6. The van der Waals surface area contributed by atoms with Crippen LogP contribution in [0.1, 0.15) is 5.69 Å². The minimum absolute atomic E-state index is 0.00882. The minimum atomic E-state index is -0.325. The molecule has 0 spiro atoms. The number of halogens is 1. The lowest BCUT2D eigenvalue weighted by atomic mass is 10.3. The lowest BCUT2D eigenvalue weighted by molar-refractivity contribution is 0.269. The molecule has 0 radical (unpaired) electrons. The zero-order valence-corrected chi connectivity index (χ0v) is 10.4. The Bertz CT molecular complexity index is 542. The van der Waals surface area contributed by atoms with Crippen molar-refractivity contribution in [2.45, 2.75) is 13.0 Å². The maximum atomic E-state index is 12.9. The fraction of sp³-hybridized carbons (Fsp3) is 0.308. The Hall–Kier alpha value is -2.08. The number of hydrogen-bond acceptors (Lipinski definition) is 4. The molecular formula is C13H16FN3O2. The number of nitrogens with two attached hydrogens (primary N) is 1. The van der Waals surface area contributed by atoms with Gasteiger partial charge in [0, 0.05) is 18.6 Å². The van der Waals surface area contributed by atoms with E-state index >= 15 is 0 Å². The zero-order valence-electron chi connectivity index (χ0n) is 10.4. The summed E-state index contributed by atoms with van der Waals surface area (Å²) in [6.07, 6.45) is 0.569. The van der Waals surface area contributed by atoms with Crippen LogP contribution in [0.3, 0.4) is 0 Å². The molecule has 1 aromatic carbocycles. The molecule has 0 amide bonds. The van der Waals surface area contributed by atoms with E-state index in [1.807, 2.05) is 0 Å². The van der Waals surface area contributed by atoms with Crippen molar-refractivity contribution >= 4 is 5.82 Å². The second-order valence-corrected chi connectivity index (χ2v) is 4.06. The van der Waals surface area contributed by atoms with Crippen molar-refractivity contribution in [3.63, 3.8) is 0 Å². The lowest BCUT2D eigenvalue weighted by Crippen LogP contribution is -2.08. The SMILES string of the molecule is Nc1cc(CCOc2cccc(F)c2)nn1CCO. The molecule has 0 unspecified atom stereocenters. The van der Waals surface area contributed by atoms with Crippen LogP contribution in [0.2, 0.25) is 0 Å². The van der Waals surface area contributed by atoms with Crippen molar-refractivity contribution in [1.29, 1.82) is 0 Å². The summed E-state index contributed by atoms with van der Waals surface area (Å²) in [4.78, 5) is 0. The van der Waals surface area contributed by atoms with Crippen molar-refractivity contribution in [3.8, 4) is 5.75 Å². The summed E-state index contributed by atoms with van der Waals surface area (Å²) in [6, 6.07) is 7.73. The number of benzene rings is 1. The van der Waals surface area contributed by atoms with Crippen LogP contribution in [0.5, 0.6) is 5.75 Å². The number of aliphatic hydroxyl groups is 1. The van der Waals surface area contributed by atoms with Crippen LogP contribution in [0, 0.1) is 5.82 Å². The molecular weight excluding hydrogens is 249 g/mol. The Kier molecular flexibility index (Phi) is 4.35. The lowest BCUT2D eigenvalue weighted by Gasteiger charge is -2.04. The first-order chi connectivity index (χ1) is 9.19. The highest BCUT2D eigenvalue weighted by atomic mass is 19.1. The molecule has 1 heterocycles. The molecule has 0 saturated heterocycles. The van der Waals surface area contributed by atoms with Crippen LogP contribution in [0.4, 0.5) is 10.2 Å². The van der Waals surface area contributed by atoms with Crippen LogP contribution < -0.4 is 10.5 Å². The van der Waals surface area contributed by atoms with E-state index in [2.05, 4.69) is 5.10 Å². The predicted octanol–water partition coefficient (Wildman–Crippen LogP) is 1.22. The van der Waals surface area contributed by atoms with Gasteiger partial charge in [-0.3, -0.25) is 0 Å². The summed E-state index contributed by atoms with van der Waals surface area (Å²) in [5.41, 5.74) is 6.51. The molecule has 2 rings (SSSR count). The van der Waals surface area contributed by atoms with E-state index in [1.165, 1.54) is 16.8 Å². The first kappa shape index (κ1) is 13.4. The highest BCUT2D eigenvalue weighted by molar-refractivity contribution is 5.31. The van der Waals surface area contributed by atoms with Gasteiger partial charge in [-0.15, -0.1) is 0 Å². The summed E-state index contributed by atoms with van der Waals surface area (Å²) >= 11 is 0. The average molecular weight is 265 g/mol. The fourth-order valence-corrected chi connectivity index (χ4v) is 1.71. The Morgan fingerprint density at radius 2 is 2.21 bits per heavy atom. The number of nitrogens with zero attached hydrogens (tertiary/aromatic N) is 2. The van der Waals surface area contributed by atoms with Gasteiger partial charge >= 0.3 is 0 Å². The number of aromatic nitrogens is 2. The molecule has 0 saturated carbocycles. The van der Waals surface area contributed by atoms with E-state index in [4.69, 9.17) is 15.6 Å². The van der Waals surface area contributed by atoms with Gasteiger partial charge in [0.15, 0.2) is 0 Å². The quantitative estimate of drug-likeness (QED) is 0.823. The molecule has 5 nitrogen and oxygen atoms in total. The Morgan fingerprint density at radius 3 is 2.95 bits per heavy atom. The maximum Gasteiger partial charge on any atom is 0.126 e. The molecule has 0 aliphatic heterocycles. The number of hydrogen-bond donors (Lipinski definition) is 2. The summed E-state index contributed by atoms with van der Waals surface area (Å²) in [5, 5.41) is 13.1. The standard InChI is InChI=1S/C13H16FN3O2/c14-10-2-1-3-12(8-10)19-7-4-11-9-13(15)17(16-11)5-6-18/h1-3,8-9,18H,4-7,15H2. The highest BCUT2D eigenvalue weighted by Gasteiger charge is 2.05. The largest absolute Gasteiger partial charge is 0.493 e. The van der Waals surface area contributed by atoms with Gasteiger partial charge in [-0.25, -0.2) is 9.07 Å². The third-order valence-corrected chi connectivity index (χ3v) is 2.60. The van der Waals surface area contributed by atoms with Crippen LogP contribution in [0.15, 0.2) is 30.3 Å². The minimum Gasteiger partial charge on any atom is -0.493 e. The van der Waals surface area contributed by atoms with Gasteiger partial charge in [0.05, 0.1) is 25.5 Å². The van der Waals surface area contributed by atoms with Gasteiger partial charge in [0.2, 0.25) is 0 Å². The van der Waals surface area contributed by atoms with E-state index in [0.717, 1.165) is 5.69 Å². The molecule has 3 N–H and O–H groups in total. The van der Waals surface area contributed by atoms with Crippen molar-refractivity contribution in [1.82, 2.24) is 9.78 Å². The smallest absolute Gasteiger partial charge is 0.126 e. The normalized spacial score (nSPS) is 10.6. The van der Waals surface area contributed by atoms with Crippen LogP contribution >= 0.6 is 0 Å². The number of aliphatic hydroxyl groups excluding tert-OH is 1. The number of nitrogen functional groups attached to an aromatic ring is 1. The van der Waals surface area contributed by atoms with E-state index in [9.17, 15) is 4.39 Å². The molecule has 0 aliphatic rings. The monoisotopic (exact) mass is 265 g/mol. The Labute approximate surface area is 110 Å². The van der Waals surface area contributed by atoms with Crippen LogP contribution in [0.25, 0.3) is 0 Å². The van der Waals surface area contributed by atoms with Gasteiger partial charge in [-0.1, -0.05) is 6.07 Å². The molecule has 1 aromatic heterocycles. The average Bonchev–Trinajstić information content (AvgIpc) is 2.71. The summed E-state index contributed by atoms with van der Waals surface area (Å²) in [5.74, 6) is 0.673. The van der Waals surface area contributed by atoms with Crippen LogP contribution in [-0.4, -0.2) is 28.1 Å². The highest BCUT2D eigenvalue weighted by Crippen LogP contribution is 2.13. The van der Waals surface area contributed by atoms with Gasteiger partial charge in [0.1, 0.15) is 17.4 Å². The molecule has 19 heavy (non-hydrogen) atoms. The molecule has 102 valence electrons. The number of ether oxygens (including phenoxy) is 1. The molecule has 0 bridgehead atoms. The van der Waals surface area contributed by atoms with Gasteiger partial charge in [-0.05, 0) is 12.1 Å². The molecule has 2 aromatic rings. The molecule has 0 atom stereocenters. The second-order valence-electron chi connectivity index (χ2n) is 4.06. The third kappa shape index (κ3) is 3.69. The topological polar surface area (TPSA) is 73.3 Å². The van der Waals surface area contributed by atoms with Crippen molar-refractivity contribution in [2.24, 2.45) is 0 Å². The first-order valence-corrected chi connectivity index (χ1v) is 6.00. The summed E-state index contributed by atoms with van der Waals surface area (Å²) in [6.45, 7) is 0.751. The second kappa shape index (κ2) is 6.19. The summed E-state index contributed by atoms with van der Waals surface area (Å²) in [7, 11) is 0. The van der Waals surface area contributed by atoms with Gasteiger partial charge < -0.3 is 15.6 Å². The van der Waals surface area contributed by atoms with Gasteiger partial charge in [0.25, 0.3) is 0 Å². The van der Waals surface area contributed by atoms with Crippen LogP contribution in [-0.2, 0) is 13.0 Å². The van der Waals surface area contributed by atoms with E-state index < -0.39 is 0 Å². The number of anilines is 1. The predicted molar refractivity (Wildman–Crippen MR) is 69.3 cm³/mol. The molecule has 6 heteroatoms. The van der Waals surface area contributed by atoms with E-state index in [1.54, 1.807) is 18.2 Å². The van der Waals surface area contributed by atoms with E-state index in [0.29, 0.717) is 31.1 Å². The Balaban J connectivity index is 1.87. The molecule has 0 aliphatic carbocycles. The van der Waals surface area contributed by atoms with Crippen molar-refractivity contribution in [3.05, 3.63) is 41.8 Å². The zero-order chi connectivity index (χ0) is 13.7. The Morgan fingerprint density at radius 1 is 1.37 bits per heavy atom. The maximum absolute atomic E-state index is 12.9. The summed E-state index contributed by atoms with van der Waals surface area (Å²) < 4.78 is 19.9.